The molecule has 2 amide bonds. The quantitative estimate of drug-likeness (QED) is 0.0355. The molecule has 32 nitrogen and oxygen atoms in total. The van der Waals surface area contributed by atoms with Gasteiger partial charge in [0.25, 0.3) is 0 Å². The van der Waals surface area contributed by atoms with E-state index < -0.39 is 55.3 Å². The number of fused-ring (bicyclic) bond motifs is 13. The SMILES string of the molecule is COc1ccc(-c2cnc3nc2NCCCCS(=N)(=O)c2cc(NC(=O)Nc4ccccc4)cc(c2)N3)cc1.Cc1ccc(S(=O)(=O)NCCCNc2cnc3nc2NCCCCS(=N)(=O)c2cccc(c2)N3)cc1.N=S1(=O)CCCCNc2nc(ncc2NCCCNS(=O)(=O)c2ccc3c(c2)OCO3)Nc2cccc1c2. The number of hydrogen-bond donors (Lipinski definition) is 15. The highest BCUT2D eigenvalue weighted by Gasteiger charge is 2.23. The Balaban J connectivity index is 0.000000157. The van der Waals surface area contributed by atoms with Crippen LogP contribution >= 0.6 is 0 Å². The molecule has 7 aromatic carbocycles. The number of nitrogens with one attached hydrogen (secondary N) is 15. The lowest BCUT2D eigenvalue weighted by molar-refractivity contribution is 0.174. The third-order valence-electron chi connectivity index (χ3n) is 17.9. The van der Waals surface area contributed by atoms with E-state index in [1.807, 2.05) is 61.5 Å². The van der Waals surface area contributed by atoms with E-state index in [2.05, 4.69) is 87.5 Å². The topological polar surface area (TPSA) is 457 Å². The Morgan fingerprint density at radius 1 is 0.487 bits per heavy atom. The van der Waals surface area contributed by atoms with E-state index in [4.69, 9.17) is 33.5 Å². The number of rotatable bonds is 18. The zero-order valence-electron chi connectivity index (χ0n) is 62.0. The first-order valence-electron chi connectivity index (χ1n) is 36.4. The van der Waals surface area contributed by atoms with E-state index in [9.17, 15) is 34.3 Å². The third kappa shape index (κ3) is 22.7. The van der Waals surface area contributed by atoms with Crippen LogP contribution in [-0.2, 0) is 49.2 Å². The zero-order valence-corrected chi connectivity index (χ0v) is 66.1. The second-order valence-electron chi connectivity index (χ2n) is 26.4. The molecule has 15 N–H and O–H groups in total. The summed E-state index contributed by atoms with van der Waals surface area (Å²) in [7, 11) is -14.4. The molecule has 10 aromatic rings. The number of carbonyl (C=O) groups is 1. The summed E-state index contributed by atoms with van der Waals surface area (Å²) in [5.41, 5.74) is 7.01. The van der Waals surface area contributed by atoms with E-state index in [1.54, 1.807) is 123 Å². The van der Waals surface area contributed by atoms with Crippen LogP contribution in [0, 0.1) is 21.3 Å². The molecule has 37 heteroatoms. The third-order valence-corrected chi connectivity index (χ3v) is 26.5. The number of sulfonamides is 2. The maximum Gasteiger partial charge on any atom is 0.323 e. The molecule has 0 radical (unpaired) electrons. The highest BCUT2D eigenvalue weighted by atomic mass is 32.2. The van der Waals surface area contributed by atoms with Crippen molar-refractivity contribution in [2.75, 3.05) is 130 Å². The number of amides is 2. The summed E-state index contributed by atoms with van der Waals surface area (Å²) in [6.45, 7) is 5.30. The lowest BCUT2D eigenvalue weighted by atomic mass is 10.1. The number of hydrogen-bond acceptors (Lipinski definition) is 28. The average Bonchev–Trinajstić information content (AvgIpc) is 1.80. The minimum atomic E-state index is -3.68. The highest BCUT2D eigenvalue weighted by Crippen LogP contribution is 2.36. The molecule has 0 saturated carbocycles. The first-order valence-corrected chi connectivity index (χ1v) is 44.6. The Bertz CT molecular complexity index is 5610. The van der Waals surface area contributed by atoms with Gasteiger partial charge in [-0.1, -0.05) is 60.2 Å². The predicted molar refractivity (Wildman–Crippen MR) is 442 cm³/mol. The van der Waals surface area contributed by atoms with E-state index in [0.717, 1.165) is 35.3 Å². The Morgan fingerprint density at radius 2 is 0.973 bits per heavy atom. The summed E-state index contributed by atoms with van der Waals surface area (Å²) >= 11 is 0. The number of para-hydroxylation sites is 1. The molecule has 0 spiro atoms. The first-order chi connectivity index (χ1) is 54.4. The number of urea groups is 1. The minimum absolute atomic E-state index is 0.0790. The molecule has 4 aliphatic heterocycles. The van der Waals surface area contributed by atoms with Crippen LogP contribution in [0.2, 0.25) is 0 Å². The van der Waals surface area contributed by atoms with Crippen LogP contribution in [0.4, 0.5) is 79.9 Å². The largest absolute Gasteiger partial charge is 0.497 e. The molecule has 113 heavy (non-hydrogen) atoms. The Labute approximate surface area is 657 Å². The summed E-state index contributed by atoms with van der Waals surface area (Å²) < 4.78 is 135. The number of nitrogens with zero attached hydrogens (tertiary/aromatic N) is 6. The molecule has 3 aromatic heterocycles. The van der Waals surface area contributed by atoms with Gasteiger partial charge in [0.1, 0.15) is 11.6 Å². The van der Waals surface area contributed by atoms with Gasteiger partial charge in [-0.15, -0.1) is 0 Å². The van der Waals surface area contributed by atoms with E-state index >= 15 is 0 Å². The molecular weight excluding hydrogens is 1540 g/mol. The van der Waals surface area contributed by atoms with Gasteiger partial charge >= 0.3 is 6.03 Å². The normalized spacial score (nSPS) is 17.8. The molecule has 12 bridgehead atoms. The summed E-state index contributed by atoms with van der Waals surface area (Å²) in [5.74, 6) is 5.41. The van der Waals surface area contributed by atoms with Crippen molar-refractivity contribution in [3.05, 3.63) is 188 Å². The van der Waals surface area contributed by atoms with Gasteiger partial charge in [-0.05, 0) is 167 Å². The number of anilines is 13. The van der Waals surface area contributed by atoms with Crippen molar-refractivity contribution in [2.45, 2.75) is 82.8 Å². The average molecular weight is 1630 g/mol. The van der Waals surface area contributed by atoms with Crippen LogP contribution in [0.25, 0.3) is 11.1 Å². The number of aryl methyl sites for hydroxylation is 1. The van der Waals surface area contributed by atoms with Gasteiger partial charge in [-0.2, -0.15) is 15.0 Å². The molecule has 594 valence electrons. The summed E-state index contributed by atoms with van der Waals surface area (Å²) in [6.07, 6.45) is 10.2. The Morgan fingerprint density at radius 3 is 1.54 bits per heavy atom. The standard InChI is InChI=1S/C28H29N7O3S.C24H29N7O5S2.C24H31N7O3S2/c1-38-23-11-9-19(10-12-23)25-18-31-27-32-21-15-22(34-28(36)33-20-7-3-2-4-8-20)17-24(16-21)39(29,37)14-6-5-13-30-26(25)35-27;25-37(32)12-2-1-9-27-23-20(15-28-24(31-23)30-17-5-3-6-18(37)13-17)26-10-4-11-29-38(33,34)19-7-8-21-22(14-19)36-16-35-21;1-18-8-10-20(11-9-18)36(33,34)29-14-5-13-26-22-17-28-24-30-19-6-4-7-21(16-19)35(25,32)15-3-2-12-27-23(22)31-24/h2-4,7-12,15-18,29H,5-6,13-14H2,1H3,(H2,33,34,36)(H2,30,31,32,35);3,5-8,13-15,25-26,29H,1-2,4,9-12,16H2,(H2,27,28,30,31);4,6-11,16-17,25-26,29H,2-3,5,12-15H2,1H3,(H2,27,28,30,31). The fourth-order valence-corrected chi connectivity index (χ4v) is 18.5. The van der Waals surface area contributed by atoms with Crippen LogP contribution < -0.4 is 76.8 Å². The molecule has 0 saturated heterocycles. The number of benzene rings is 7. The van der Waals surface area contributed by atoms with E-state index in [1.165, 1.54) is 12.1 Å². The molecule has 0 fully saturated rings. The van der Waals surface area contributed by atoms with E-state index in [-0.39, 0.29) is 41.2 Å². The number of ether oxygens (including phenoxy) is 3. The van der Waals surface area contributed by atoms with Crippen molar-refractivity contribution in [2.24, 2.45) is 0 Å². The van der Waals surface area contributed by atoms with Crippen molar-refractivity contribution in [1.82, 2.24) is 39.3 Å². The van der Waals surface area contributed by atoms with Gasteiger partial charge in [-0.25, -0.2) is 73.0 Å². The number of aromatic nitrogens is 6. The summed E-state index contributed by atoms with van der Waals surface area (Å²) in [4.78, 5) is 41.5. The lowest BCUT2D eigenvalue weighted by Gasteiger charge is -2.15. The van der Waals surface area contributed by atoms with E-state index in [0.29, 0.717) is 178 Å². The maximum absolute atomic E-state index is 13.4. The van der Waals surface area contributed by atoms with Gasteiger partial charge in [0.05, 0.1) is 74.8 Å². The van der Waals surface area contributed by atoms with Gasteiger partial charge < -0.3 is 67.4 Å². The second-order valence-corrected chi connectivity index (χ2v) is 36.7. The molecule has 3 unspecified atom stereocenters. The van der Waals surface area contributed by atoms with Gasteiger partial charge in [0.15, 0.2) is 23.1 Å². The highest BCUT2D eigenvalue weighted by molar-refractivity contribution is 7.93. The molecule has 3 atom stereocenters. The summed E-state index contributed by atoms with van der Waals surface area (Å²) in [5, 5.41) is 31.5. The van der Waals surface area contributed by atoms with Crippen molar-refractivity contribution in [3.8, 4) is 28.4 Å². The summed E-state index contributed by atoms with van der Waals surface area (Å²) in [6, 6.07) is 46.5. The van der Waals surface area contributed by atoms with Gasteiger partial charge in [-0.3, -0.25) is 0 Å². The Hall–Kier alpha value is -11.5. The van der Waals surface area contributed by atoms with Crippen LogP contribution in [0.5, 0.6) is 17.2 Å². The lowest BCUT2D eigenvalue weighted by Crippen LogP contribution is -2.26. The number of carbonyl (C=O) groups excluding carboxylic acids is 1. The molecule has 4 aliphatic rings. The Kier molecular flexibility index (Phi) is 26.7. The smallest absolute Gasteiger partial charge is 0.323 e. The fourth-order valence-electron chi connectivity index (χ4n) is 11.9. The second kappa shape index (κ2) is 37.2. The maximum atomic E-state index is 13.4. The van der Waals surface area contributed by atoms with Crippen LogP contribution in [0.15, 0.2) is 207 Å². The van der Waals surface area contributed by atoms with Crippen molar-refractivity contribution >= 4 is 130 Å². The molecule has 14 rings (SSSR count). The van der Waals surface area contributed by atoms with Crippen molar-refractivity contribution in [1.29, 1.82) is 14.3 Å². The van der Waals surface area contributed by atoms with Crippen molar-refractivity contribution in [3.63, 3.8) is 0 Å². The van der Waals surface area contributed by atoms with Gasteiger partial charge in [0.2, 0.25) is 44.7 Å². The van der Waals surface area contributed by atoms with Crippen molar-refractivity contribution < 1.29 is 48.5 Å². The molecule has 0 aliphatic carbocycles. The van der Waals surface area contributed by atoms with Gasteiger partial charge in [0, 0.05) is 119 Å². The number of methoxy groups -OCH3 is 1. The molecular formula is C76H89N21O11S5. The first kappa shape index (κ1) is 81.0. The minimum Gasteiger partial charge on any atom is -0.497 e. The van der Waals surface area contributed by atoms with Crippen LogP contribution in [0.1, 0.15) is 56.9 Å². The van der Waals surface area contributed by atoms with Crippen LogP contribution in [0.3, 0.4) is 0 Å². The predicted octanol–water partition coefficient (Wildman–Crippen LogP) is 13.4. The van der Waals surface area contributed by atoms with Crippen LogP contribution in [-0.4, -0.2) is 142 Å². The fraction of sp³-hybridized carbons (Fsp3) is 0.276. The zero-order chi connectivity index (χ0) is 79.4. The molecule has 7 heterocycles. The monoisotopic (exact) mass is 1630 g/mol.